The predicted octanol–water partition coefficient (Wildman–Crippen LogP) is 4.45. The van der Waals surface area contributed by atoms with Crippen LogP contribution in [-0.2, 0) is 4.79 Å². The van der Waals surface area contributed by atoms with Crippen molar-refractivity contribution in [2.45, 2.75) is 0 Å². The van der Waals surface area contributed by atoms with E-state index in [1.807, 2.05) is 30.3 Å². The fraction of sp³-hybridized carbons (Fsp3) is 0.0625. The van der Waals surface area contributed by atoms with Crippen LogP contribution in [0.4, 0.5) is 0 Å². The normalized spacial score (nSPS) is 15.9. The number of carbonyl (C=O) groups excluding carboxylic acids is 1. The molecule has 3 rings (SSSR count). The van der Waals surface area contributed by atoms with Crippen LogP contribution >= 0.6 is 39.3 Å². The second kappa shape index (κ2) is 7.83. The van der Waals surface area contributed by atoms with E-state index in [1.165, 1.54) is 18.0 Å². The van der Waals surface area contributed by atoms with Gasteiger partial charge < -0.3 is 10.1 Å². The number of benzene rings is 2. The number of ether oxygens (including phenoxy) is 1. The number of halogens is 2. The van der Waals surface area contributed by atoms with E-state index >= 15 is 0 Å². The van der Waals surface area contributed by atoms with Gasteiger partial charge in [-0.3, -0.25) is 4.79 Å². The Hall–Kier alpha value is -1.83. The molecule has 0 aliphatic carbocycles. The van der Waals surface area contributed by atoms with Gasteiger partial charge >= 0.3 is 0 Å². The van der Waals surface area contributed by atoms with Gasteiger partial charge in [-0.05, 0) is 40.2 Å². The van der Waals surface area contributed by atoms with Crippen LogP contribution in [0.3, 0.4) is 0 Å². The van der Waals surface area contributed by atoms with Crippen LogP contribution < -0.4 is 10.1 Å². The number of rotatable bonds is 4. The Labute approximate surface area is 156 Å². The van der Waals surface area contributed by atoms with Crippen LogP contribution in [0.1, 0.15) is 5.56 Å². The van der Waals surface area contributed by atoms with Crippen LogP contribution in [0.5, 0.6) is 11.5 Å². The molecule has 0 unspecified atom stereocenters. The summed E-state index contributed by atoms with van der Waals surface area (Å²) >= 11 is 11.0. The molecule has 2 aromatic rings. The van der Waals surface area contributed by atoms with Gasteiger partial charge in [-0.2, -0.15) is 5.10 Å². The number of hydrogen-bond acceptors (Lipinski definition) is 5. The van der Waals surface area contributed by atoms with Crippen molar-refractivity contribution in [3.8, 4) is 11.5 Å². The number of amides is 1. The van der Waals surface area contributed by atoms with Crippen LogP contribution in [-0.4, -0.2) is 23.0 Å². The second-order valence-corrected chi connectivity index (χ2v) is 6.90. The number of carbonyl (C=O) groups is 1. The van der Waals surface area contributed by atoms with Crippen LogP contribution in [0.25, 0.3) is 0 Å². The van der Waals surface area contributed by atoms with E-state index in [1.54, 1.807) is 12.1 Å². The Morgan fingerprint density at radius 1 is 1.25 bits per heavy atom. The molecule has 0 bridgehead atoms. The molecule has 1 N–H and O–H groups in total. The minimum Gasteiger partial charge on any atom is -0.455 e. The number of thioether (sulfide) groups is 1. The monoisotopic (exact) mass is 423 g/mol. The lowest BCUT2D eigenvalue weighted by Gasteiger charge is -2.11. The van der Waals surface area contributed by atoms with Crippen molar-refractivity contribution in [1.82, 2.24) is 5.32 Å². The van der Waals surface area contributed by atoms with Crippen molar-refractivity contribution in [3.63, 3.8) is 0 Å². The van der Waals surface area contributed by atoms with E-state index in [9.17, 15) is 4.79 Å². The van der Waals surface area contributed by atoms with Crippen LogP contribution in [0, 0.1) is 0 Å². The highest BCUT2D eigenvalue weighted by atomic mass is 79.9. The van der Waals surface area contributed by atoms with Crippen molar-refractivity contribution >= 4 is 56.6 Å². The van der Waals surface area contributed by atoms with Gasteiger partial charge in [0.05, 0.1) is 22.6 Å². The first-order valence-corrected chi connectivity index (χ1v) is 9.04. The quantitative estimate of drug-likeness (QED) is 0.583. The standard InChI is InChI=1S/C16H11BrClN3O2S/c17-12-6-7-13(18)15(23-10-4-2-1-3-5-10)11(12)8-19-21-16-20-14(22)9-24-16/h1-8H,9H2,(H,20,21,22). The van der Waals surface area contributed by atoms with Crippen molar-refractivity contribution in [3.05, 3.63) is 57.5 Å². The Morgan fingerprint density at radius 3 is 2.75 bits per heavy atom. The molecule has 1 heterocycles. The summed E-state index contributed by atoms with van der Waals surface area (Å²) in [7, 11) is 0. The molecule has 8 heteroatoms. The van der Waals surface area contributed by atoms with Gasteiger partial charge in [0.25, 0.3) is 0 Å². The highest BCUT2D eigenvalue weighted by Crippen LogP contribution is 2.36. The SMILES string of the molecule is O=C1CSC(=NN=Cc2c(Br)ccc(Cl)c2Oc2ccccc2)N1. The number of para-hydroxylation sites is 1. The molecule has 1 saturated heterocycles. The summed E-state index contributed by atoms with van der Waals surface area (Å²) < 4.78 is 6.65. The summed E-state index contributed by atoms with van der Waals surface area (Å²) in [6.45, 7) is 0. The lowest BCUT2D eigenvalue weighted by Crippen LogP contribution is -2.19. The summed E-state index contributed by atoms with van der Waals surface area (Å²) in [6.07, 6.45) is 1.53. The zero-order chi connectivity index (χ0) is 16.9. The average Bonchev–Trinajstić information content (AvgIpc) is 3.00. The van der Waals surface area contributed by atoms with E-state index in [0.717, 1.165) is 4.47 Å². The Morgan fingerprint density at radius 2 is 2.04 bits per heavy atom. The highest BCUT2D eigenvalue weighted by Gasteiger charge is 2.16. The van der Waals surface area contributed by atoms with Gasteiger partial charge in [0, 0.05) is 4.47 Å². The third-order valence-corrected chi connectivity index (χ3v) is 4.83. The summed E-state index contributed by atoms with van der Waals surface area (Å²) in [5, 5.41) is 11.5. The molecule has 2 aromatic carbocycles. The number of nitrogens with zero attached hydrogens (tertiary/aromatic N) is 2. The van der Waals surface area contributed by atoms with E-state index in [4.69, 9.17) is 16.3 Å². The van der Waals surface area contributed by atoms with Gasteiger partial charge in [0.1, 0.15) is 5.75 Å². The number of amidine groups is 1. The van der Waals surface area contributed by atoms with E-state index in [0.29, 0.717) is 33.0 Å². The highest BCUT2D eigenvalue weighted by molar-refractivity contribution is 9.10. The molecule has 1 aliphatic heterocycles. The largest absolute Gasteiger partial charge is 0.455 e. The van der Waals surface area contributed by atoms with Gasteiger partial charge in [-0.25, -0.2) is 0 Å². The van der Waals surface area contributed by atoms with Crippen molar-refractivity contribution < 1.29 is 9.53 Å². The fourth-order valence-corrected chi connectivity index (χ4v) is 3.15. The summed E-state index contributed by atoms with van der Waals surface area (Å²) in [5.41, 5.74) is 0.657. The molecule has 122 valence electrons. The first-order valence-electron chi connectivity index (χ1n) is 6.88. The third kappa shape index (κ3) is 4.17. The fourth-order valence-electron chi connectivity index (χ4n) is 1.90. The molecule has 24 heavy (non-hydrogen) atoms. The smallest absolute Gasteiger partial charge is 0.236 e. The van der Waals surface area contributed by atoms with E-state index in [-0.39, 0.29) is 5.91 Å². The van der Waals surface area contributed by atoms with Crippen molar-refractivity contribution in [1.29, 1.82) is 0 Å². The maximum atomic E-state index is 11.1. The lowest BCUT2D eigenvalue weighted by atomic mass is 10.2. The molecule has 0 spiro atoms. The lowest BCUT2D eigenvalue weighted by molar-refractivity contribution is -0.116. The molecule has 1 amide bonds. The molecule has 0 radical (unpaired) electrons. The maximum Gasteiger partial charge on any atom is 0.236 e. The summed E-state index contributed by atoms with van der Waals surface area (Å²) in [4.78, 5) is 11.1. The maximum absolute atomic E-state index is 11.1. The molecule has 0 atom stereocenters. The van der Waals surface area contributed by atoms with Crippen LogP contribution in [0.2, 0.25) is 5.02 Å². The summed E-state index contributed by atoms with van der Waals surface area (Å²) in [6, 6.07) is 12.9. The Balaban J connectivity index is 1.89. The minimum atomic E-state index is -0.0778. The van der Waals surface area contributed by atoms with Gasteiger partial charge in [0.2, 0.25) is 5.91 Å². The van der Waals surface area contributed by atoms with Gasteiger partial charge in [-0.1, -0.05) is 41.6 Å². The number of hydrogen-bond donors (Lipinski definition) is 1. The molecule has 5 nitrogen and oxygen atoms in total. The van der Waals surface area contributed by atoms with Gasteiger partial charge in [-0.15, -0.1) is 5.10 Å². The molecule has 0 saturated carbocycles. The van der Waals surface area contributed by atoms with Crippen molar-refractivity contribution in [2.75, 3.05) is 5.75 Å². The predicted molar refractivity (Wildman–Crippen MR) is 101 cm³/mol. The third-order valence-electron chi connectivity index (χ3n) is 2.98. The first-order chi connectivity index (χ1) is 11.6. The molecule has 1 aliphatic rings. The molecular weight excluding hydrogens is 414 g/mol. The second-order valence-electron chi connectivity index (χ2n) is 4.67. The molecule has 1 fully saturated rings. The zero-order valence-electron chi connectivity index (χ0n) is 12.2. The average molecular weight is 425 g/mol. The topological polar surface area (TPSA) is 63.0 Å². The molecule has 0 aromatic heterocycles. The van der Waals surface area contributed by atoms with E-state index in [2.05, 4.69) is 31.4 Å². The zero-order valence-corrected chi connectivity index (χ0v) is 15.4. The van der Waals surface area contributed by atoms with Gasteiger partial charge in [0.15, 0.2) is 10.9 Å². The summed E-state index contributed by atoms with van der Waals surface area (Å²) in [5.74, 6) is 1.42. The Kier molecular flexibility index (Phi) is 5.55. The van der Waals surface area contributed by atoms with Crippen LogP contribution in [0.15, 0.2) is 57.1 Å². The Bertz CT molecular complexity index is 828. The first kappa shape index (κ1) is 17.0. The molecular formula is C16H11BrClN3O2S. The number of nitrogens with one attached hydrogen (secondary N) is 1. The minimum absolute atomic E-state index is 0.0778. The van der Waals surface area contributed by atoms with Crippen molar-refractivity contribution in [2.24, 2.45) is 10.2 Å². The van der Waals surface area contributed by atoms with E-state index < -0.39 is 0 Å².